The summed E-state index contributed by atoms with van der Waals surface area (Å²) < 4.78 is 13.3. The molecule has 2 aromatic rings. The van der Waals surface area contributed by atoms with Gasteiger partial charge in [0.2, 0.25) is 0 Å². The second-order valence-corrected chi connectivity index (χ2v) is 3.79. The molecule has 1 aromatic heterocycles. The second-order valence-electron chi connectivity index (χ2n) is 3.79. The van der Waals surface area contributed by atoms with Gasteiger partial charge in [0, 0.05) is 11.3 Å². The van der Waals surface area contributed by atoms with E-state index in [0.717, 1.165) is 12.1 Å². The highest BCUT2D eigenvalue weighted by molar-refractivity contribution is 5.89. The molecule has 0 aliphatic heterocycles. The Labute approximate surface area is 101 Å². The highest BCUT2D eigenvalue weighted by Gasteiger charge is 2.10. The molecular weight excluding hydrogens is 239 g/mol. The predicted octanol–water partition coefficient (Wildman–Crippen LogP) is 1.58. The van der Waals surface area contributed by atoms with Crippen LogP contribution in [0.5, 0.6) is 0 Å². The Morgan fingerprint density at radius 2 is 2.06 bits per heavy atom. The third-order valence-corrected chi connectivity index (χ3v) is 2.32. The van der Waals surface area contributed by atoms with E-state index in [2.05, 4.69) is 9.97 Å². The van der Waals surface area contributed by atoms with E-state index < -0.39 is 17.5 Å². The number of aromatic nitrogens is 2. The molecule has 0 saturated heterocycles. The standard InChI is InChI=1S/C12H9FN2O3/c1-6-2-10(15-12(18)14-6)7-3-8(11(16)17)5-9(13)4-7/h2-5H,1H3,(H,16,17)(H,14,15,18). The maximum atomic E-state index is 13.3. The number of nitrogens with one attached hydrogen (secondary N) is 1. The van der Waals surface area contributed by atoms with Crippen molar-refractivity contribution in [2.75, 3.05) is 0 Å². The molecule has 18 heavy (non-hydrogen) atoms. The van der Waals surface area contributed by atoms with Crippen molar-refractivity contribution in [3.05, 3.63) is 51.8 Å². The summed E-state index contributed by atoms with van der Waals surface area (Å²) in [6, 6.07) is 4.86. The zero-order valence-electron chi connectivity index (χ0n) is 9.40. The summed E-state index contributed by atoms with van der Waals surface area (Å²) in [4.78, 5) is 28.2. The van der Waals surface area contributed by atoms with Crippen molar-refractivity contribution in [1.29, 1.82) is 0 Å². The minimum Gasteiger partial charge on any atom is -0.478 e. The summed E-state index contributed by atoms with van der Waals surface area (Å²) in [5.74, 6) is -1.93. The molecule has 0 aliphatic carbocycles. The molecule has 2 rings (SSSR count). The Balaban J connectivity index is 2.63. The number of H-pyrrole nitrogens is 1. The van der Waals surface area contributed by atoms with Crippen LogP contribution in [0.25, 0.3) is 11.3 Å². The Morgan fingerprint density at radius 1 is 1.33 bits per heavy atom. The first kappa shape index (κ1) is 12.0. The number of aromatic carboxylic acids is 1. The van der Waals surface area contributed by atoms with Gasteiger partial charge in [-0.05, 0) is 31.2 Å². The number of rotatable bonds is 2. The van der Waals surface area contributed by atoms with E-state index in [1.54, 1.807) is 13.0 Å². The lowest BCUT2D eigenvalue weighted by Crippen LogP contribution is -2.12. The van der Waals surface area contributed by atoms with E-state index in [-0.39, 0.29) is 16.8 Å². The van der Waals surface area contributed by atoms with Crippen molar-refractivity contribution in [3.63, 3.8) is 0 Å². The summed E-state index contributed by atoms with van der Waals surface area (Å²) in [6.45, 7) is 1.66. The Bertz CT molecular complexity index is 679. The fraction of sp³-hybridized carbons (Fsp3) is 0.0833. The number of carboxylic acid groups (broad SMARTS) is 1. The second kappa shape index (κ2) is 4.40. The first-order valence-corrected chi connectivity index (χ1v) is 5.08. The molecule has 2 N–H and O–H groups in total. The summed E-state index contributed by atoms with van der Waals surface area (Å²) >= 11 is 0. The van der Waals surface area contributed by atoms with Gasteiger partial charge < -0.3 is 10.1 Å². The molecule has 0 radical (unpaired) electrons. The molecule has 0 saturated carbocycles. The highest BCUT2D eigenvalue weighted by atomic mass is 19.1. The van der Waals surface area contributed by atoms with E-state index in [9.17, 15) is 14.0 Å². The van der Waals surface area contributed by atoms with Crippen molar-refractivity contribution in [3.8, 4) is 11.3 Å². The van der Waals surface area contributed by atoms with Crippen LogP contribution in [0.4, 0.5) is 4.39 Å². The average Bonchev–Trinajstić information content (AvgIpc) is 2.26. The normalized spacial score (nSPS) is 10.3. The zero-order chi connectivity index (χ0) is 13.3. The summed E-state index contributed by atoms with van der Waals surface area (Å²) in [5.41, 5.74) is 0.293. The SMILES string of the molecule is Cc1cc(-c2cc(F)cc(C(=O)O)c2)nc(=O)[nH]1. The molecule has 0 spiro atoms. The largest absolute Gasteiger partial charge is 0.478 e. The van der Waals surface area contributed by atoms with E-state index in [4.69, 9.17) is 5.11 Å². The molecule has 0 fully saturated rings. The van der Waals surface area contributed by atoms with Crippen LogP contribution in [0.15, 0.2) is 29.1 Å². The number of carbonyl (C=O) groups is 1. The fourth-order valence-electron chi connectivity index (χ4n) is 1.59. The van der Waals surface area contributed by atoms with Crippen LogP contribution in [0.2, 0.25) is 0 Å². The zero-order valence-corrected chi connectivity index (χ0v) is 9.40. The topological polar surface area (TPSA) is 83.0 Å². The summed E-state index contributed by atoms with van der Waals surface area (Å²) in [5, 5.41) is 8.83. The first-order valence-electron chi connectivity index (χ1n) is 5.08. The number of hydrogen-bond donors (Lipinski definition) is 2. The molecule has 0 bridgehead atoms. The molecule has 1 heterocycles. The van der Waals surface area contributed by atoms with Crippen molar-refractivity contribution in [1.82, 2.24) is 9.97 Å². The molecule has 0 amide bonds. The number of aromatic amines is 1. The molecule has 0 atom stereocenters. The van der Waals surface area contributed by atoms with Gasteiger partial charge in [0.1, 0.15) is 5.82 Å². The van der Waals surface area contributed by atoms with Gasteiger partial charge in [-0.2, -0.15) is 4.98 Å². The fourth-order valence-corrected chi connectivity index (χ4v) is 1.59. The lowest BCUT2D eigenvalue weighted by atomic mass is 10.1. The Hall–Kier alpha value is -2.50. The minimum absolute atomic E-state index is 0.190. The van der Waals surface area contributed by atoms with Gasteiger partial charge in [-0.3, -0.25) is 0 Å². The average molecular weight is 248 g/mol. The molecule has 6 heteroatoms. The molecule has 0 aliphatic rings. The Kier molecular flexibility index (Phi) is 2.93. The maximum absolute atomic E-state index is 13.3. The monoisotopic (exact) mass is 248 g/mol. The van der Waals surface area contributed by atoms with Crippen LogP contribution in [-0.4, -0.2) is 21.0 Å². The van der Waals surface area contributed by atoms with Crippen molar-refractivity contribution in [2.24, 2.45) is 0 Å². The summed E-state index contributed by atoms with van der Waals surface area (Å²) in [6.07, 6.45) is 0. The van der Waals surface area contributed by atoms with Crippen LogP contribution in [-0.2, 0) is 0 Å². The van der Waals surface area contributed by atoms with E-state index in [0.29, 0.717) is 5.69 Å². The number of carboxylic acids is 1. The maximum Gasteiger partial charge on any atom is 0.345 e. The van der Waals surface area contributed by atoms with E-state index >= 15 is 0 Å². The third-order valence-electron chi connectivity index (χ3n) is 2.32. The smallest absolute Gasteiger partial charge is 0.345 e. The number of hydrogen-bond acceptors (Lipinski definition) is 3. The van der Waals surface area contributed by atoms with Gasteiger partial charge in [-0.25, -0.2) is 14.0 Å². The van der Waals surface area contributed by atoms with E-state index in [1.165, 1.54) is 6.07 Å². The van der Waals surface area contributed by atoms with Crippen molar-refractivity contribution < 1.29 is 14.3 Å². The quantitative estimate of drug-likeness (QED) is 0.845. The minimum atomic E-state index is -1.24. The number of halogens is 1. The van der Waals surface area contributed by atoms with Crippen LogP contribution >= 0.6 is 0 Å². The van der Waals surface area contributed by atoms with Gasteiger partial charge in [-0.15, -0.1) is 0 Å². The summed E-state index contributed by atoms with van der Waals surface area (Å²) in [7, 11) is 0. The lowest BCUT2D eigenvalue weighted by molar-refractivity contribution is 0.0696. The van der Waals surface area contributed by atoms with Crippen LogP contribution < -0.4 is 5.69 Å². The number of aryl methyl sites for hydroxylation is 1. The first-order chi connectivity index (χ1) is 8.45. The molecule has 1 aromatic carbocycles. The van der Waals surface area contributed by atoms with Crippen LogP contribution in [0.3, 0.4) is 0 Å². The van der Waals surface area contributed by atoms with Gasteiger partial charge in [0.15, 0.2) is 0 Å². The Morgan fingerprint density at radius 3 is 2.67 bits per heavy atom. The lowest BCUT2D eigenvalue weighted by Gasteiger charge is -2.03. The van der Waals surface area contributed by atoms with Gasteiger partial charge >= 0.3 is 11.7 Å². The number of benzene rings is 1. The van der Waals surface area contributed by atoms with Gasteiger partial charge in [0.05, 0.1) is 11.3 Å². The molecule has 0 unspecified atom stereocenters. The van der Waals surface area contributed by atoms with Gasteiger partial charge in [0.25, 0.3) is 0 Å². The van der Waals surface area contributed by atoms with Crippen LogP contribution in [0, 0.1) is 12.7 Å². The molecular formula is C12H9FN2O3. The van der Waals surface area contributed by atoms with Crippen molar-refractivity contribution >= 4 is 5.97 Å². The molecule has 5 nitrogen and oxygen atoms in total. The highest BCUT2D eigenvalue weighted by Crippen LogP contribution is 2.19. The predicted molar refractivity (Wildman–Crippen MR) is 61.9 cm³/mol. The van der Waals surface area contributed by atoms with Gasteiger partial charge in [-0.1, -0.05) is 0 Å². The van der Waals surface area contributed by atoms with E-state index in [1.807, 2.05) is 0 Å². The molecule has 92 valence electrons. The third kappa shape index (κ3) is 2.42. The van der Waals surface area contributed by atoms with Crippen molar-refractivity contribution in [2.45, 2.75) is 6.92 Å². The number of nitrogens with zero attached hydrogens (tertiary/aromatic N) is 1. The van der Waals surface area contributed by atoms with Crippen LogP contribution in [0.1, 0.15) is 16.1 Å².